The smallest absolute Gasteiger partial charge is 0.250 e. The molecule has 114 valence electrons. The van der Waals surface area contributed by atoms with Gasteiger partial charge in [0.25, 0.3) is 5.56 Å². The molecule has 1 saturated heterocycles. The summed E-state index contributed by atoms with van der Waals surface area (Å²) in [4.78, 5) is 39.1. The summed E-state index contributed by atoms with van der Waals surface area (Å²) in [6.07, 6.45) is 3.61. The number of carbonyl (C=O) groups is 2. The van der Waals surface area contributed by atoms with E-state index in [-0.39, 0.29) is 30.5 Å². The first kappa shape index (κ1) is 15.3. The van der Waals surface area contributed by atoms with Crippen LogP contribution in [0, 0.1) is 0 Å². The van der Waals surface area contributed by atoms with Crippen LogP contribution in [0.5, 0.6) is 0 Å². The number of aromatic nitrogens is 1. The summed E-state index contributed by atoms with van der Waals surface area (Å²) >= 11 is 0. The number of amides is 2. The molecule has 2 heterocycles. The van der Waals surface area contributed by atoms with Crippen molar-refractivity contribution in [1.82, 2.24) is 14.4 Å². The van der Waals surface area contributed by atoms with Gasteiger partial charge in [0, 0.05) is 31.9 Å². The zero-order chi connectivity index (χ0) is 15.2. The normalized spacial score (nSPS) is 15.4. The second-order valence-electron chi connectivity index (χ2n) is 5.22. The molecular formula is C15H21N3O3. The van der Waals surface area contributed by atoms with Crippen LogP contribution in [-0.2, 0) is 16.1 Å². The van der Waals surface area contributed by atoms with Crippen molar-refractivity contribution in [2.75, 3.05) is 26.2 Å². The minimum Gasteiger partial charge on any atom is -0.339 e. The summed E-state index contributed by atoms with van der Waals surface area (Å²) in [7, 11) is 0. The van der Waals surface area contributed by atoms with Gasteiger partial charge in [0.05, 0.1) is 6.54 Å². The molecule has 0 N–H and O–H groups in total. The zero-order valence-corrected chi connectivity index (χ0v) is 12.3. The Labute approximate surface area is 124 Å². The standard InChI is InChI=1S/C15H21N3O3/c1-2-3-7-16-9-10-18(11-14(16)20)15(21)12-17-8-5-4-6-13(17)19/h4-6,8H,2-3,7,9-12H2,1H3. The van der Waals surface area contributed by atoms with Gasteiger partial charge in [-0.15, -0.1) is 0 Å². The van der Waals surface area contributed by atoms with Gasteiger partial charge in [0.15, 0.2) is 0 Å². The van der Waals surface area contributed by atoms with Crippen LogP contribution >= 0.6 is 0 Å². The predicted octanol–water partition coefficient (Wildman–Crippen LogP) is 0.319. The monoisotopic (exact) mass is 291 g/mol. The van der Waals surface area contributed by atoms with Gasteiger partial charge in [0.1, 0.15) is 6.54 Å². The number of hydrogen-bond donors (Lipinski definition) is 0. The Morgan fingerprint density at radius 2 is 2.05 bits per heavy atom. The van der Waals surface area contributed by atoms with E-state index in [9.17, 15) is 14.4 Å². The van der Waals surface area contributed by atoms with Crippen LogP contribution in [0.4, 0.5) is 0 Å². The molecule has 2 amide bonds. The molecule has 0 aliphatic carbocycles. The SMILES string of the molecule is CCCCN1CCN(C(=O)Cn2ccccc2=O)CC1=O. The van der Waals surface area contributed by atoms with E-state index in [1.807, 2.05) is 4.90 Å². The Bertz CT molecular complexity index is 567. The van der Waals surface area contributed by atoms with E-state index in [0.717, 1.165) is 19.4 Å². The fourth-order valence-electron chi connectivity index (χ4n) is 2.34. The lowest BCUT2D eigenvalue weighted by Crippen LogP contribution is -2.53. The van der Waals surface area contributed by atoms with Crippen LogP contribution in [0.25, 0.3) is 0 Å². The van der Waals surface area contributed by atoms with E-state index in [1.165, 1.54) is 15.5 Å². The van der Waals surface area contributed by atoms with Gasteiger partial charge in [-0.3, -0.25) is 14.4 Å². The van der Waals surface area contributed by atoms with Crippen LogP contribution in [0.3, 0.4) is 0 Å². The average Bonchev–Trinajstić information content (AvgIpc) is 2.48. The first-order valence-corrected chi connectivity index (χ1v) is 7.33. The van der Waals surface area contributed by atoms with Gasteiger partial charge in [-0.25, -0.2) is 0 Å². The Balaban J connectivity index is 1.92. The predicted molar refractivity (Wildman–Crippen MR) is 78.8 cm³/mol. The van der Waals surface area contributed by atoms with Crippen molar-refractivity contribution in [2.24, 2.45) is 0 Å². The van der Waals surface area contributed by atoms with Crippen molar-refractivity contribution < 1.29 is 9.59 Å². The van der Waals surface area contributed by atoms with Crippen molar-refractivity contribution in [3.8, 4) is 0 Å². The zero-order valence-electron chi connectivity index (χ0n) is 12.3. The van der Waals surface area contributed by atoms with Gasteiger partial charge in [-0.1, -0.05) is 19.4 Å². The Kier molecular flexibility index (Phi) is 5.14. The van der Waals surface area contributed by atoms with Crippen molar-refractivity contribution in [1.29, 1.82) is 0 Å². The Morgan fingerprint density at radius 1 is 1.24 bits per heavy atom. The molecule has 0 unspecified atom stereocenters. The molecule has 6 heteroatoms. The summed E-state index contributed by atoms with van der Waals surface area (Å²) in [5.41, 5.74) is -0.209. The van der Waals surface area contributed by atoms with E-state index >= 15 is 0 Å². The maximum atomic E-state index is 12.2. The second-order valence-corrected chi connectivity index (χ2v) is 5.22. The molecule has 0 radical (unpaired) electrons. The maximum Gasteiger partial charge on any atom is 0.250 e. The molecule has 1 aliphatic heterocycles. The lowest BCUT2D eigenvalue weighted by molar-refractivity contribution is -0.145. The minimum atomic E-state index is -0.209. The van der Waals surface area contributed by atoms with Crippen molar-refractivity contribution in [3.05, 3.63) is 34.7 Å². The summed E-state index contributed by atoms with van der Waals surface area (Å²) in [5.74, 6) is -0.199. The minimum absolute atomic E-state index is 0.0107. The highest BCUT2D eigenvalue weighted by molar-refractivity contribution is 5.85. The first-order chi connectivity index (χ1) is 10.1. The van der Waals surface area contributed by atoms with E-state index in [0.29, 0.717) is 13.1 Å². The largest absolute Gasteiger partial charge is 0.339 e. The van der Waals surface area contributed by atoms with E-state index < -0.39 is 0 Å². The summed E-state index contributed by atoms with van der Waals surface area (Å²) < 4.78 is 1.36. The summed E-state index contributed by atoms with van der Waals surface area (Å²) in [6.45, 7) is 4.06. The van der Waals surface area contributed by atoms with Gasteiger partial charge in [-0.2, -0.15) is 0 Å². The topological polar surface area (TPSA) is 62.6 Å². The molecule has 1 fully saturated rings. The molecule has 0 bridgehead atoms. The quantitative estimate of drug-likeness (QED) is 0.785. The molecule has 1 aromatic heterocycles. The molecule has 0 atom stereocenters. The first-order valence-electron chi connectivity index (χ1n) is 7.33. The fraction of sp³-hybridized carbons (Fsp3) is 0.533. The molecule has 6 nitrogen and oxygen atoms in total. The Hall–Kier alpha value is -2.11. The number of carbonyl (C=O) groups excluding carboxylic acids is 2. The highest BCUT2D eigenvalue weighted by Gasteiger charge is 2.26. The number of rotatable bonds is 5. The number of hydrogen-bond acceptors (Lipinski definition) is 3. The van der Waals surface area contributed by atoms with Crippen molar-refractivity contribution in [2.45, 2.75) is 26.3 Å². The fourth-order valence-corrected chi connectivity index (χ4v) is 2.34. The molecule has 2 rings (SSSR count). The molecule has 1 aliphatic rings. The van der Waals surface area contributed by atoms with Crippen molar-refractivity contribution >= 4 is 11.8 Å². The molecule has 0 spiro atoms. The van der Waals surface area contributed by atoms with Crippen LogP contribution in [-0.4, -0.2) is 52.4 Å². The van der Waals surface area contributed by atoms with Gasteiger partial charge in [0.2, 0.25) is 11.8 Å². The average molecular weight is 291 g/mol. The number of unbranched alkanes of at least 4 members (excludes halogenated alkanes) is 1. The van der Waals surface area contributed by atoms with Gasteiger partial charge < -0.3 is 14.4 Å². The van der Waals surface area contributed by atoms with E-state index in [4.69, 9.17) is 0 Å². The van der Waals surface area contributed by atoms with Crippen LogP contribution in [0.15, 0.2) is 29.2 Å². The maximum absolute atomic E-state index is 12.2. The van der Waals surface area contributed by atoms with Crippen LogP contribution < -0.4 is 5.56 Å². The van der Waals surface area contributed by atoms with Crippen molar-refractivity contribution in [3.63, 3.8) is 0 Å². The van der Waals surface area contributed by atoms with Gasteiger partial charge >= 0.3 is 0 Å². The third-order valence-electron chi connectivity index (χ3n) is 3.66. The molecule has 21 heavy (non-hydrogen) atoms. The summed E-state index contributed by atoms with van der Waals surface area (Å²) in [5, 5.41) is 0. The highest BCUT2D eigenvalue weighted by atomic mass is 16.2. The molecule has 0 saturated carbocycles. The third kappa shape index (κ3) is 3.93. The Morgan fingerprint density at radius 3 is 2.71 bits per heavy atom. The molecule has 1 aromatic rings. The highest BCUT2D eigenvalue weighted by Crippen LogP contribution is 2.06. The van der Waals surface area contributed by atoms with Gasteiger partial charge in [-0.05, 0) is 12.5 Å². The number of pyridine rings is 1. The second kappa shape index (κ2) is 7.06. The summed E-state index contributed by atoms with van der Waals surface area (Å²) in [6, 6.07) is 4.77. The van der Waals surface area contributed by atoms with Crippen LogP contribution in [0.2, 0.25) is 0 Å². The third-order valence-corrected chi connectivity index (χ3v) is 3.66. The van der Waals surface area contributed by atoms with E-state index in [2.05, 4.69) is 6.92 Å². The number of piperazine rings is 1. The van der Waals surface area contributed by atoms with E-state index in [1.54, 1.807) is 18.3 Å². The molecule has 0 aromatic carbocycles. The van der Waals surface area contributed by atoms with Crippen LogP contribution in [0.1, 0.15) is 19.8 Å². The number of nitrogens with zero attached hydrogens (tertiary/aromatic N) is 3. The lowest BCUT2D eigenvalue weighted by Gasteiger charge is -2.34. The lowest BCUT2D eigenvalue weighted by atomic mass is 10.2. The molecular weight excluding hydrogens is 270 g/mol.